The molecule has 1 aliphatic heterocycles. The van der Waals surface area contributed by atoms with Gasteiger partial charge in [0.05, 0.1) is 18.4 Å². The molecule has 1 aliphatic carbocycles. The molecule has 3 nitrogen and oxygen atoms in total. The number of nitrogens with zero attached hydrogens (tertiary/aromatic N) is 1. The summed E-state index contributed by atoms with van der Waals surface area (Å²) in [5.41, 5.74) is 4.37. The first kappa shape index (κ1) is 18.2. The normalized spacial score (nSPS) is 20.4. The van der Waals surface area contributed by atoms with Gasteiger partial charge < -0.3 is 4.74 Å². The van der Waals surface area contributed by atoms with Crippen molar-refractivity contribution in [3.63, 3.8) is 0 Å². The van der Waals surface area contributed by atoms with E-state index in [-0.39, 0.29) is 11.5 Å². The van der Waals surface area contributed by atoms with Crippen LogP contribution in [0.15, 0.2) is 17.1 Å². The number of hydrogen-bond donors (Lipinski definition) is 0. The van der Waals surface area contributed by atoms with E-state index >= 15 is 0 Å². The topological polar surface area (TPSA) is 38.7 Å². The van der Waals surface area contributed by atoms with Crippen LogP contribution in [0.25, 0.3) is 0 Å². The van der Waals surface area contributed by atoms with Crippen molar-refractivity contribution in [1.82, 2.24) is 0 Å². The molecule has 0 saturated heterocycles. The summed E-state index contributed by atoms with van der Waals surface area (Å²) >= 11 is 0. The summed E-state index contributed by atoms with van der Waals surface area (Å²) in [5, 5.41) is 0. The van der Waals surface area contributed by atoms with Crippen LogP contribution in [0.5, 0.6) is 5.75 Å². The van der Waals surface area contributed by atoms with Crippen molar-refractivity contribution in [2.75, 3.05) is 7.11 Å². The Labute approximate surface area is 151 Å². The van der Waals surface area contributed by atoms with Gasteiger partial charge in [-0.1, -0.05) is 31.7 Å². The van der Waals surface area contributed by atoms with Gasteiger partial charge in [0, 0.05) is 17.9 Å². The molecular weight excluding hydrogens is 310 g/mol. The van der Waals surface area contributed by atoms with Gasteiger partial charge >= 0.3 is 0 Å². The monoisotopic (exact) mass is 341 g/mol. The predicted octanol–water partition coefficient (Wildman–Crippen LogP) is 5.06. The highest BCUT2D eigenvalue weighted by Crippen LogP contribution is 2.33. The number of Topliss-reactive ketones (excluding diaryl/α,β-unsaturated/α-hetero) is 1. The van der Waals surface area contributed by atoms with E-state index in [1.54, 1.807) is 7.11 Å². The molecule has 0 atom stereocenters. The molecular formula is C22H31NO2. The Hall–Kier alpha value is -1.64. The molecule has 136 valence electrons. The van der Waals surface area contributed by atoms with Crippen LogP contribution >= 0.6 is 0 Å². The van der Waals surface area contributed by atoms with E-state index in [2.05, 4.69) is 32.9 Å². The van der Waals surface area contributed by atoms with E-state index in [1.807, 2.05) is 0 Å². The number of aryl methyl sites for hydroxylation is 1. The van der Waals surface area contributed by atoms with E-state index in [1.165, 1.54) is 31.2 Å². The van der Waals surface area contributed by atoms with Crippen LogP contribution in [0.3, 0.4) is 0 Å². The smallest absolute Gasteiger partial charge is 0.141 e. The van der Waals surface area contributed by atoms with Crippen LogP contribution in [0.2, 0.25) is 0 Å². The lowest BCUT2D eigenvalue weighted by Gasteiger charge is -2.30. The van der Waals surface area contributed by atoms with Gasteiger partial charge in [-0.15, -0.1) is 0 Å². The molecule has 0 spiro atoms. The number of rotatable bonds is 4. The quantitative estimate of drug-likeness (QED) is 0.718. The molecule has 3 heteroatoms. The minimum absolute atomic E-state index is 0.146. The fourth-order valence-corrected chi connectivity index (χ4v) is 4.36. The molecule has 1 aromatic rings. The maximum atomic E-state index is 12.9. The molecule has 0 bridgehead atoms. The number of carbonyl (C=O) groups excluding carboxylic acids is 1. The zero-order valence-corrected chi connectivity index (χ0v) is 16.2. The third-order valence-corrected chi connectivity index (χ3v) is 5.64. The molecule has 0 amide bonds. The Morgan fingerprint density at radius 2 is 1.88 bits per heavy atom. The number of ketones is 1. The van der Waals surface area contributed by atoms with Gasteiger partial charge in [-0.2, -0.15) is 0 Å². The maximum absolute atomic E-state index is 12.9. The molecule has 1 saturated carbocycles. The minimum Gasteiger partial charge on any atom is -0.496 e. The van der Waals surface area contributed by atoms with E-state index in [4.69, 9.17) is 9.73 Å². The van der Waals surface area contributed by atoms with Crippen molar-refractivity contribution in [3.05, 3.63) is 28.8 Å². The standard InChI is InChI=1S/C22H31NO2/c1-15-11-17-14-22(2,3)23-19(18(17)12-21(15)25-4)13-20(24)16-9-7-5-6-8-10-16/h11-12,16H,5-10,13-14H2,1-4H3. The molecule has 0 aromatic heterocycles. The third kappa shape index (κ3) is 4.13. The van der Waals surface area contributed by atoms with Crippen molar-refractivity contribution in [1.29, 1.82) is 0 Å². The summed E-state index contributed by atoms with van der Waals surface area (Å²) in [6.07, 6.45) is 8.42. The number of aliphatic imine (C=N–C) groups is 1. The average Bonchev–Trinajstić information content (AvgIpc) is 2.82. The molecule has 0 unspecified atom stereocenters. The van der Waals surface area contributed by atoms with Crippen LogP contribution in [0.4, 0.5) is 0 Å². The number of ether oxygens (including phenoxy) is 1. The van der Waals surface area contributed by atoms with Crippen LogP contribution < -0.4 is 4.74 Å². The molecule has 1 fully saturated rings. The highest BCUT2D eigenvalue weighted by atomic mass is 16.5. The van der Waals surface area contributed by atoms with Gasteiger partial charge in [0.25, 0.3) is 0 Å². The van der Waals surface area contributed by atoms with Crippen LogP contribution in [0, 0.1) is 12.8 Å². The number of fused-ring (bicyclic) bond motifs is 1. The lowest BCUT2D eigenvalue weighted by Crippen LogP contribution is -2.31. The van der Waals surface area contributed by atoms with E-state index in [9.17, 15) is 4.79 Å². The molecule has 1 heterocycles. The van der Waals surface area contributed by atoms with Crippen molar-refractivity contribution in [3.8, 4) is 5.75 Å². The Bertz CT molecular complexity index is 680. The number of methoxy groups -OCH3 is 1. The van der Waals surface area contributed by atoms with Gasteiger partial charge in [0.1, 0.15) is 11.5 Å². The summed E-state index contributed by atoms with van der Waals surface area (Å²) < 4.78 is 5.51. The maximum Gasteiger partial charge on any atom is 0.141 e. The SMILES string of the molecule is COc1cc2c(cc1C)CC(C)(C)N=C2CC(=O)C1CCCCCC1. The second-order valence-corrected chi connectivity index (χ2v) is 8.36. The fourth-order valence-electron chi connectivity index (χ4n) is 4.36. The first-order valence-electron chi connectivity index (χ1n) is 9.69. The van der Waals surface area contributed by atoms with E-state index in [0.717, 1.165) is 41.9 Å². The Morgan fingerprint density at radius 1 is 1.20 bits per heavy atom. The zero-order valence-electron chi connectivity index (χ0n) is 16.2. The first-order valence-corrected chi connectivity index (χ1v) is 9.69. The summed E-state index contributed by atoms with van der Waals surface area (Å²) in [6, 6.07) is 4.29. The molecule has 25 heavy (non-hydrogen) atoms. The number of benzene rings is 1. The van der Waals surface area contributed by atoms with Gasteiger partial charge in [0.15, 0.2) is 0 Å². The zero-order chi connectivity index (χ0) is 18.0. The Kier molecular flexibility index (Phi) is 5.31. The first-order chi connectivity index (χ1) is 11.9. The lowest BCUT2D eigenvalue weighted by atomic mass is 9.83. The lowest BCUT2D eigenvalue weighted by molar-refractivity contribution is -0.122. The number of hydrogen-bond acceptors (Lipinski definition) is 3. The molecule has 3 rings (SSSR count). The van der Waals surface area contributed by atoms with E-state index < -0.39 is 0 Å². The summed E-state index contributed by atoms with van der Waals surface area (Å²) in [7, 11) is 1.70. The average molecular weight is 341 g/mol. The van der Waals surface area contributed by atoms with Crippen molar-refractivity contribution in [2.24, 2.45) is 10.9 Å². The summed E-state index contributed by atoms with van der Waals surface area (Å²) in [4.78, 5) is 17.9. The van der Waals surface area contributed by atoms with Crippen molar-refractivity contribution in [2.45, 2.75) is 77.7 Å². The van der Waals surface area contributed by atoms with Gasteiger partial charge in [-0.05, 0) is 57.2 Å². The van der Waals surface area contributed by atoms with Gasteiger partial charge in [0.2, 0.25) is 0 Å². The minimum atomic E-state index is -0.146. The fraction of sp³-hybridized carbons (Fsp3) is 0.636. The third-order valence-electron chi connectivity index (χ3n) is 5.64. The van der Waals surface area contributed by atoms with Crippen LogP contribution in [-0.4, -0.2) is 24.1 Å². The molecule has 0 radical (unpaired) electrons. The summed E-state index contributed by atoms with van der Waals surface area (Å²) in [6.45, 7) is 6.39. The van der Waals surface area contributed by atoms with Crippen molar-refractivity contribution < 1.29 is 9.53 Å². The van der Waals surface area contributed by atoms with Crippen LogP contribution in [-0.2, 0) is 11.2 Å². The van der Waals surface area contributed by atoms with E-state index in [0.29, 0.717) is 12.2 Å². The molecule has 1 aromatic carbocycles. The highest BCUT2D eigenvalue weighted by molar-refractivity contribution is 6.13. The summed E-state index contributed by atoms with van der Waals surface area (Å²) in [5.74, 6) is 1.49. The molecule has 2 aliphatic rings. The number of carbonyl (C=O) groups is 1. The van der Waals surface area contributed by atoms with Gasteiger partial charge in [-0.25, -0.2) is 0 Å². The van der Waals surface area contributed by atoms with Gasteiger partial charge in [-0.3, -0.25) is 9.79 Å². The molecule has 0 N–H and O–H groups in total. The predicted molar refractivity (Wildman–Crippen MR) is 103 cm³/mol. The largest absolute Gasteiger partial charge is 0.496 e. The second kappa shape index (κ2) is 7.31. The second-order valence-electron chi connectivity index (χ2n) is 8.36. The van der Waals surface area contributed by atoms with Crippen LogP contribution in [0.1, 0.15) is 75.5 Å². The highest BCUT2D eigenvalue weighted by Gasteiger charge is 2.30. The van der Waals surface area contributed by atoms with Crippen molar-refractivity contribution >= 4 is 11.5 Å². The Balaban J connectivity index is 1.89. The Morgan fingerprint density at radius 3 is 2.52 bits per heavy atom.